The van der Waals surface area contributed by atoms with Gasteiger partial charge in [0.15, 0.2) is 0 Å². The van der Waals surface area contributed by atoms with Crippen LogP contribution in [0.25, 0.3) is 0 Å². The van der Waals surface area contributed by atoms with E-state index in [1.165, 1.54) is 32.1 Å². The minimum Gasteiger partial charge on any atom is -0.352 e. The molecular weight excluding hydrogens is 414 g/mol. The molecule has 6 heteroatoms. The lowest BCUT2D eigenvalue weighted by atomic mass is 9.89. The highest BCUT2D eigenvalue weighted by Gasteiger charge is 2.41. The second-order valence-corrected chi connectivity index (χ2v) is 9.51. The first kappa shape index (κ1) is 21.7. The van der Waals surface area contributed by atoms with Crippen molar-refractivity contribution < 1.29 is 14.4 Å². The molecule has 6 nitrogen and oxygen atoms in total. The minimum absolute atomic E-state index is 0.0277. The van der Waals surface area contributed by atoms with E-state index in [0.29, 0.717) is 42.2 Å². The van der Waals surface area contributed by atoms with Gasteiger partial charge in [-0.3, -0.25) is 14.4 Å². The average molecular weight is 446 g/mol. The highest BCUT2D eigenvalue weighted by Crippen LogP contribution is 2.33. The molecule has 1 unspecified atom stereocenters. The van der Waals surface area contributed by atoms with Gasteiger partial charge in [0.25, 0.3) is 11.8 Å². The number of nitrogens with one attached hydrogen (secondary N) is 1. The Labute approximate surface area is 194 Å². The fraction of sp³-hybridized carbons (Fsp3) is 0.444. The second kappa shape index (κ2) is 9.38. The molecule has 0 spiro atoms. The van der Waals surface area contributed by atoms with Gasteiger partial charge in [-0.15, -0.1) is 0 Å². The van der Waals surface area contributed by atoms with Crippen LogP contribution >= 0.6 is 0 Å². The maximum Gasteiger partial charge on any atom is 0.256 e. The SMILES string of the molecule is O=C(NCC1CCCCC1)c1ccc(CN2C(=O)C3CCCN3C(=O)c3ccccc32)cc1. The fourth-order valence-corrected chi connectivity index (χ4v) is 5.45. The highest BCUT2D eigenvalue weighted by molar-refractivity contribution is 6.11. The summed E-state index contributed by atoms with van der Waals surface area (Å²) < 4.78 is 0. The van der Waals surface area contributed by atoms with Gasteiger partial charge in [0.05, 0.1) is 17.8 Å². The third kappa shape index (κ3) is 4.39. The van der Waals surface area contributed by atoms with Gasteiger partial charge >= 0.3 is 0 Å². The Kier molecular flexibility index (Phi) is 6.16. The Morgan fingerprint density at radius 2 is 1.67 bits per heavy atom. The Bertz CT molecular complexity index is 1040. The summed E-state index contributed by atoms with van der Waals surface area (Å²) in [6.07, 6.45) is 7.79. The lowest BCUT2D eigenvalue weighted by Crippen LogP contribution is -2.44. The van der Waals surface area contributed by atoms with Crippen molar-refractivity contribution in [1.82, 2.24) is 10.2 Å². The minimum atomic E-state index is -0.394. The van der Waals surface area contributed by atoms with Gasteiger partial charge in [0, 0.05) is 18.7 Å². The van der Waals surface area contributed by atoms with E-state index in [4.69, 9.17) is 0 Å². The van der Waals surface area contributed by atoms with Crippen LogP contribution < -0.4 is 10.2 Å². The van der Waals surface area contributed by atoms with Crippen molar-refractivity contribution in [2.24, 2.45) is 5.92 Å². The van der Waals surface area contributed by atoms with Crippen LogP contribution in [0, 0.1) is 5.92 Å². The van der Waals surface area contributed by atoms with Crippen LogP contribution in [0.15, 0.2) is 48.5 Å². The standard InChI is InChI=1S/C27H31N3O3/c31-25(28-17-19-7-2-1-3-8-19)21-14-12-20(13-15-21)18-30-23-10-5-4-9-22(23)26(32)29-16-6-11-24(29)27(30)33/h4-5,9-10,12-15,19,24H,1-3,6-8,11,16-18H2,(H,28,31). The van der Waals surface area contributed by atoms with Gasteiger partial charge in [-0.25, -0.2) is 0 Å². The fourth-order valence-electron chi connectivity index (χ4n) is 5.45. The number of hydrogen-bond donors (Lipinski definition) is 1. The van der Waals surface area contributed by atoms with Gasteiger partial charge in [0.2, 0.25) is 5.91 Å². The monoisotopic (exact) mass is 445 g/mol. The average Bonchev–Trinajstić information content (AvgIpc) is 3.33. The molecule has 2 aromatic rings. The van der Waals surface area contributed by atoms with Gasteiger partial charge in [-0.1, -0.05) is 43.5 Å². The number of amides is 3. The van der Waals surface area contributed by atoms with Crippen LogP contribution in [0.3, 0.4) is 0 Å². The van der Waals surface area contributed by atoms with Crippen molar-refractivity contribution in [3.63, 3.8) is 0 Å². The summed E-state index contributed by atoms with van der Waals surface area (Å²) >= 11 is 0. The molecular formula is C27H31N3O3. The zero-order valence-corrected chi connectivity index (χ0v) is 19.0. The molecule has 2 heterocycles. The maximum atomic E-state index is 13.4. The van der Waals surface area contributed by atoms with Crippen LogP contribution in [0.4, 0.5) is 5.69 Å². The quantitative estimate of drug-likeness (QED) is 0.752. The molecule has 1 atom stereocenters. The first-order valence-corrected chi connectivity index (χ1v) is 12.2. The Balaban J connectivity index is 1.31. The van der Waals surface area contributed by atoms with Gasteiger partial charge in [-0.05, 0) is 61.4 Å². The van der Waals surface area contributed by atoms with E-state index in [1.54, 1.807) is 15.9 Å². The van der Waals surface area contributed by atoms with Crippen molar-refractivity contribution in [3.05, 3.63) is 65.2 Å². The predicted octanol–water partition coefficient (Wildman–Crippen LogP) is 4.15. The topological polar surface area (TPSA) is 69.7 Å². The molecule has 1 aliphatic carbocycles. The van der Waals surface area contributed by atoms with E-state index in [2.05, 4.69) is 5.32 Å². The second-order valence-electron chi connectivity index (χ2n) is 9.51. The number of benzene rings is 2. The van der Waals surface area contributed by atoms with Gasteiger partial charge in [0.1, 0.15) is 6.04 Å². The van der Waals surface area contributed by atoms with Crippen LogP contribution in [-0.2, 0) is 11.3 Å². The summed E-state index contributed by atoms with van der Waals surface area (Å²) in [5.41, 5.74) is 2.81. The maximum absolute atomic E-state index is 13.4. The predicted molar refractivity (Wildman–Crippen MR) is 127 cm³/mol. The molecule has 5 rings (SSSR count). The largest absolute Gasteiger partial charge is 0.352 e. The first-order chi connectivity index (χ1) is 16.1. The van der Waals surface area contributed by atoms with E-state index < -0.39 is 6.04 Å². The molecule has 2 aromatic carbocycles. The Morgan fingerprint density at radius 3 is 2.45 bits per heavy atom. The number of para-hydroxylation sites is 1. The van der Waals surface area contributed by atoms with Crippen molar-refractivity contribution >= 4 is 23.4 Å². The Morgan fingerprint density at radius 1 is 0.909 bits per heavy atom. The summed E-state index contributed by atoms with van der Waals surface area (Å²) in [6.45, 7) is 1.74. The number of rotatable bonds is 5. The third-order valence-corrected chi connectivity index (χ3v) is 7.32. The number of carbonyl (C=O) groups is 3. The number of nitrogens with zero attached hydrogens (tertiary/aromatic N) is 2. The lowest BCUT2D eigenvalue weighted by Gasteiger charge is -2.26. The first-order valence-electron chi connectivity index (χ1n) is 12.2. The van der Waals surface area contributed by atoms with Gasteiger partial charge < -0.3 is 15.1 Å². The Hall–Kier alpha value is -3.15. The lowest BCUT2D eigenvalue weighted by molar-refractivity contribution is -0.122. The van der Waals surface area contributed by atoms with Crippen LogP contribution in [0.2, 0.25) is 0 Å². The van der Waals surface area contributed by atoms with E-state index in [-0.39, 0.29) is 17.7 Å². The molecule has 1 saturated carbocycles. The molecule has 0 radical (unpaired) electrons. The molecule has 0 bridgehead atoms. The summed E-state index contributed by atoms with van der Waals surface area (Å²) in [5, 5.41) is 3.08. The summed E-state index contributed by atoms with van der Waals surface area (Å²) in [7, 11) is 0. The van der Waals surface area contributed by atoms with Crippen LogP contribution in [0.1, 0.15) is 71.2 Å². The normalized spacial score (nSPS) is 20.9. The smallest absolute Gasteiger partial charge is 0.256 e. The van der Waals surface area contributed by atoms with Crippen LogP contribution in [-0.4, -0.2) is 41.8 Å². The molecule has 2 aliphatic heterocycles. The van der Waals surface area contributed by atoms with E-state index in [0.717, 1.165) is 18.5 Å². The molecule has 2 fully saturated rings. The molecule has 3 aliphatic rings. The zero-order chi connectivity index (χ0) is 22.8. The molecule has 172 valence electrons. The number of fused-ring (bicyclic) bond motifs is 2. The zero-order valence-electron chi connectivity index (χ0n) is 19.0. The summed E-state index contributed by atoms with van der Waals surface area (Å²) in [5.74, 6) is 0.457. The van der Waals surface area contributed by atoms with Crippen molar-refractivity contribution in [1.29, 1.82) is 0 Å². The molecule has 33 heavy (non-hydrogen) atoms. The molecule has 3 amide bonds. The molecule has 1 N–H and O–H groups in total. The van der Waals surface area contributed by atoms with Crippen molar-refractivity contribution in [3.8, 4) is 0 Å². The molecule has 1 saturated heterocycles. The third-order valence-electron chi connectivity index (χ3n) is 7.32. The number of hydrogen-bond acceptors (Lipinski definition) is 3. The summed E-state index contributed by atoms with van der Waals surface area (Å²) in [4.78, 5) is 42.5. The van der Waals surface area contributed by atoms with Gasteiger partial charge in [-0.2, -0.15) is 0 Å². The van der Waals surface area contributed by atoms with E-state index in [9.17, 15) is 14.4 Å². The van der Waals surface area contributed by atoms with Crippen molar-refractivity contribution in [2.75, 3.05) is 18.0 Å². The highest BCUT2D eigenvalue weighted by atomic mass is 16.2. The number of carbonyl (C=O) groups excluding carboxylic acids is 3. The molecule has 0 aromatic heterocycles. The number of anilines is 1. The summed E-state index contributed by atoms with van der Waals surface area (Å²) in [6, 6.07) is 14.4. The van der Waals surface area contributed by atoms with E-state index >= 15 is 0 Å². The van der Waals surface area contributed by atoms with E-state index in [1.807, 2.05) is 42.5 Å². The van der Waals surface area contributed by atoms with Crippen molar-refractivity contribution in [2.45, 2.75) is 57.5 Å². The van der Waals surface area contributed by atoms with Crippen LogP contribution in [0.5, 0.6) is 0 Å².